The molecule has 0 unspecified atom stereocenters. The standard InChI is InChI=1S/C22H24BrF3N2O5S/c1-28-6-4-14(13-28)5-7-31-18-10-15(2-3-16(18)22(24,25)26)27-34(29,30)21-12-20-19(11-17(21)23)32-8-9-33-20/h2-3,10-12,14,27H,4-9,13H2,1H3/t14-/m0/s1. The number of hydrogen-bond donors (Lipinski definition) is 1. The topological polar surface area (TPSA) is 77.1 Å². The number of alkyl halides is 3. The van der Waals surface area contributed by atoms with E-state index < -0.39 is 27.5 Å². The summed E-state index contributed by atoms with van der Waals surface area (Å²) in [6, 6.07) is 5.72. The van der Waals surface area contributed by atoms with Crippen molar-refractivity contribution in [1.29, 1.82) is 0 Å². The molecule has 34 heavy (non-hydrogen) atoms. The van der Waals surface area contributed by atoms with Crippen LogP contribution in [0.15, 0.2) is 39.7 Å². The second kappa shape index (κ2) is 9.82. The summed E-state index contributed by atoms with van der Waals surface area (Å²) in [4.78, 5) is 2.03. The van der Waals surface area contributed by atoms with E-state index in [4.69, 9.17) is 14.2 Å². The van der Waals surface area contributed by atoms with Crippen molar-refractivity contribution < 1.29 is 35.8 Å². The van der Waals surface area contributed by atoms with Crippen molar-refractivity contribution in [1.82, 2.24) is 4.90 Å². The lowest BCUT2D eigenvalue weighted by atomic mass is 10.1. The summed E-state index contributed by atoms with van der Waals surface area (Å²) in [5, 5.41) is 0. The highest BCUT2D eigenvalue weighted by Crippen LogP contribution is 2.40. The lowest BCUT2D eigenvalue weighted by Crippen LogP contribution is -2.18. The van der Waals surface area contributed by atoms with E-state index in [9.17, 15) is 21.6 Å². The van der Waals surface area contributed by atoms with Crippen molar-refractivity contribution >= 4 is 31.6 Å². The van der Waals surface area contributed by atoms with Crippen LogP contribution >= 0.6 is 15.9 Å². The quantitative estimate of drug-likeness (QED) is 0.522. The van der Waals surface area contributed by atoms with Crippen molar-refractivity contribution in [2.75, 3.05) is 44.7 Å². The van der Waals surface area contributed by atoms with Gasteiger partial charge in [-0.15, -0.1) is 0 Å². The van der Waals surface area contributed by atoms with Crippen molar-refractivity contribution in [3.63, 3.8) is 0 Å². The Morgan fingerprint density at radius 3 is 2.53 bits per heavy atom. The average Bonchev–Trinajstić information content (AvgIpc) is 3.17. The van der Waals surface area contributed by atoms with Gasteiger partial charge in [-0.2, -0.15) is 13.2 Å². The molecule has 0 aliphatic carbocycles. The second-order valence-electron chi connectivity index (χ2n) is 8.29. The molecule has 1 N–H and O–H groups in total. The number of benzene rings is 2. The number of halogens is 4. The minimum Gasteiger partial charge on any atom is -0.493 e. The first-order valence-corrected chi connectivity index (χ1v) is 12.9. The minimum atomic E-state index is -4.64. The van der Waals surface area contributed by atoms with Crippen LogP contribution in [-0.2, 0) is 16.2 Å². The highest BCUT2D eigenvalue weighted by Gasteiger charge is 2.35. The number of sulfonamides is 1. The molecule has 186 valence electrons. The maximum absolute atomic E-state index is 13.5. The van der Waals surface area contributed by atoms with Crippen LogP contribution in [0, 0.1) is 5.92 Å². The zero-order valence-electron chi connectivity index (χ0n) is 18.3. The van der Waals surface area contributed by atoms with Crippen LogP contribution in [0.25, 0.3) is 0 Å². The number of fused-ring (bicyclic) bond motifs is 1. The van der Waals surface area contributed by atoms with Gasteiger partial charge in [0.15, 0.2) is 11.5 Å². The summed E-state index contributed by atoms with van der Waals surface area (Å²) in [7, 11) is -2.16. The van der Waals surface area contributed by atoms with Crippen LogP contribution in [0.2, 0.25) is 0 Å². The molecule has 1 saturated heterocycles. The van der Waals surface area contributed by atoms with Gasteiger partial charge in [-0.1, -0.05) is 0 Å². The Labute approximate surface area is 204 Å². The van der Waals surface area contributed by atoms with E-state index in [0.29, 0.717) is 24.7 Å². The summed E-state index contributed by atoms with van der Waals surface area (Å²) in [5.41, 5.74) is -1.01. The van der Waals surface area contributed by atoms with E-state index in [0.717, 1.165) is 37.7 Å². The molecule has 0 radical (unpaired) electrons. The van der Waals surface area contributed by atoms with E-state index in [1.54, 1.807) is 0 Å². The molecule has 2 aromatic rings. The van der Waals surface area contributed by atoms with Crippen molar-refractivity contribution in [2.24, 2.45) is 5.92 Å². The van der Waals surface area contributed by atoms with Crippen LogP contribution in [-0.4, -0.2) is 53.3 Å². The third-order valence-electron chi connectivity index (χ3n) is 5.70. The zero-order valence-corrected chi connectivity index (χ0v) is 20.7. The Hall–Kier alpha value is -2.18. The summed E-state index contributed by atoms with van der Waals surface area (Å²) < 4.78 is 85.5. The Kier molecular flexibility index (Phi) is 7.20. The van der Waals surface area contributed by atoms with Gasteiger partial charge in [-0.05, 0) is 66.5 Å². The minimum absolute atomic E-state index is 0.0506. The third kappa shape index (κ3) is 5.72. The molecule has 2 aliphatic rings. The molecule has 0 spiro atoms. The molecule has 1 atom stereocenters. The van der Waals surface area contributed by atoms with Crippen LogP contribution < -0.4 is 18.9 Å². The largest absolute Gasteiger partial charge is 0.493 e. The maximum Gasteiger partial charge on any atom is 0.419 e. The molecule has 0 bridgehead atoms. The molecule has 2 aromatic carbocycles. The summed E-state index contributed by atoms with van der Waals surface area (Å²) in [6.07, 6.45) is -3.06. The Bertz CT molecular complexity index is 1160. The van der Waals surface area contributed by atoms with Gasteiger partial charge in [0.1, 0.15) is 23.9 Å². The smallest absolute Gasteiger partial charge is 0.419 e. The average molecular weight is 565 g/mol. The van der Waals surface area contributed by atoms with Crippen molar-refractivity contribution in [2.45, 2.75) is 23.9 Å². The molecule has 4 rings (SSSR count). The van der Waals surface area contributed by atoms with Gasteiger partial charge in [-0.3, -0.25) is 4.72 Å². The van der Waals surface area contributed by atoms with Crippen molar-refractivity contribution in [3.8, 4) is 17.2 Å². The molecule has 2 aliphatic heterocycles. The maximum atomic E-state index is 13.5. The molecule has 1 fully saturated rings. The van der Waals surface area contributed by atoms with Crippen LogP contribution in [0.4, 0.5) is 18.9 Å². The van der Waals surface area contributed by atoms with Gasteiger partial charge in [0.2, 0.25) is 0 Å². The number of rotatable bonds is 7. The van der Waals surface area contributed by atoms with Gasteiger partial charge >= 0.3 is 6.18 Å². The number of ether oxygens (including phenoxy) is 3. The number of anilines is 1. The summed E-state index contributed by atoms with van der Waals surface area (Å²) in [5.74, 6) is 0.605. The number of likely N-dealkylation sites (tertiary alicyclic amines) is 1. The highest BCUT2D eigenvalue weighted by molar-refractivity contribution is 9.10. The Morgan fingerprint density at radius 1 is 1.18 bits per heavy atom. The molecular formula is C22H24BrF3N2O5S. The molecule has 7 nitrogen and oxygen atoms in total. The molecule has 0 amide bonds. The highest BCUT2D eigenvalue weighted by atomic mass is 79.9. The third-order valence-corrected chi connectivity index (χ3v) is 8.04. The molecule has 2 heterocycles. The fourth-order valence-electron chi connectivity index (χ4n) is 4.00. The van der Waals surface area contributed by atoms with Crippen LogP contribution in [0.1, 0.15) is 18.4 Å². The van der Waals surface area contributed by atoms with Gasteiger partial charge in [0.25, 0.3) is 10.0 Å². The Morgan fingerprint density at radius 2 is 1.88 bits per heavy atom. The predicted octanol–water partition coefficient (Wildman–Crippen LogP) is 4.76. The Balaban J connectivity index is 1.55. The fraction of sp³-hybridized carbons (Fsp3) is 0.455. The monoisotopic (exact) mass is 564 g/mol. The van der Waals surface area contributed by atoms with E-state index in [-0.39, 0.29) is 34.0 Å². The fourth-order valence-corrected chi connectivity index (χ4v) is 6.09. The summed E-state index contributed by atoms with van der Waals surface area (Å²) >= 11 is 3.22. The van der Waals surface area contributed by atoms with E-state index in [1.165, 1.54) is 12.1 Å². The lowest BCUT2D eigenvalue weighted by molar-refractivity contribution is -0.138. The first-order chi connectivity index (χ1) is 16.0. The van der Waals surface area contributed by atoms with Gasteiger partial charge in [0.05, 0.1) is 17.9 Å². The second-order valence-corrected chi connectivity index (χ2v) is 10.8. The van der Waals surface area contributed by atoms with E-state index >= 15 is 0 Å². The molecular weight excluding hydrogens is 541 g/mol. The van der Waals surface area contributed by atoms with E-state index in [2.05, 4.69) is 25.6 Å². The summed E-state index contributed by atoms with van der Waals surface area (Å²) in [6.45, 7) is 2.55. The lowest BCUT2D eigenvalue weighted by Gasteiger charge is -2.20. The number of hydrogen-bond acceptors (Lipinski definition) is 6. The van der Waals surface area contributed by atoms with Gasteiger partial charge in [0, 0.05) is 23.2 Å². The van der Waals surface area contributed by atoms with Gasteiger partial charge in [-0.25, -0.2) is 8.42 Å². The van der Waals surface area contributed by atoms with E-state index in [1.807, 2.05) is 7.05 Å². The normalized spacial score (nSPS) is 18.7. The van der Waals surface area contributed by atoms with Crippen LogP contribution in [0.3, 0.4) is 0 Å². The number of nitrogens with zero attached hydrogens (tertiary/aromatic N) is 1. The zero-order chi connectivity index (χ0) is 24.5. The predicted molar refractivity (Wildman–Crippen MR) is 123 cm³/mol. The molecule has 12 heteroatoms. The first kappa shape index (κ1) is 24.9. The molecule has 0 aromatic heterocycles. The van der Waals surface area contributed by atoms with Crippen LogP contribution in [0.5, 0.6) is 17.2 Å². The number of nitrogens with one attached hydrogen (secondary N) is 1. The van der Waals surface area contributed by atoms with Crippen molar-refractivity contribution in [3.05, 3.63) is 40.4 Å². The first-order valence-electron chi connectivity index (χ1n) is 10.7. The van der Waals surface area contributed by atoms with Gasteiger partial charge < -0.3 is 19.1 Å². The SMILES string of the molecule is CN1CC[C@@H](CCOc2cc(NS(=O)(=O)c3cc4c(cc3Br)OCCO4)ccc2C(F)(F)F)C1. The molecule has 0 saturated carbocycles.